The van der Waals surface area contributed by atoms with E-state index in [1.54, 1.807) is 0 Å². The van der Waals surface area contributed by atoms with Crippen LogP contribution in [0.4, 0.5) is 0 Å². The minimum atomic E-state index is -4.56. The van der Waals surface area contributed by atoms with E-state index in [2.05, 4.69) is 38.2 Å². The number of ether oxygens (including phenoxy) is 2. The normalized spacial score (nSPS) is 11.9. The fourth-order valence-electron chi connectivity index (χ4n) is 4.58. The standard InChI is InChI=1S/C34H54O7S/c1-3-5-7-9-11-13-15-17-19-21-23-27-40-33(35)31-26-25-30(42(37,38)39)29-32(31)34(36)41-28-24-22-20-18-16-14-12-10-8-6-4-2/h5-8,25-26,29H,3-4,9-24,27-28H2,1-2H3,(H,37,38,39)/b7-5+,8-6+. The van der Waals surface area contributed by atoms with Crippen LogP contribution in [0.25, 0.3) is 0 Å². The van der Waals surface area contributed by atoms with Crippen molar-refractivity contribution in [2.45, 2.75) is 134 Å². The number of carbonyl (C=O) groups is 2. The van der Waals surface area contributed by atoms with Crippen LogP contribution >= 0.6 is 0 Å². The van der Waals surface area contributed by atoms with Crippen LogP contribution in [-0.4, -0.2) is 38.1 Å². The summed E-state index contributed by atoms with van der Waals surface area (Å²) in [6, 6.07) is 3.25. The highest BCUT2D eigenvalue weighted by molar-refractivity contribution is 7.85. The molecular formula is C34H54O7S. The van der Waals surface area contributed by atoms with Crippen molar-refractivity contribution < 1.29 is 32.0 Å². The topological polar surface area (TPSA) is 107 Å². The first-order valence-electron chi connectivity index (χ1n) is 16.1. The molecule has 0 aromatic heterocycles. The zero-order valence-corrected chi connectivity index (χ0v) is 26.8. The number of rotatable bonds is 25. The van der Waals surface area contributed by atoms with Gasteiger partial charge in [0, 0.05) is 0 Å². The molecule has 0 bridgehead atoms. The smallest absolute Gasteiger partial charge is 0.339 e. The lowest BCUT2D eigenvalue weighted by molar-refractivity contribution is 0.0450. The van der Waals surface area contributed by atoms with Crippen LogP contribution in [0.1, 0.15) is 150 Å². The maximum absolute atomic E-state index is 12.8. The van der Waals surface area contributed by atoms with Gasteiger partial charge in [-0.05, 0) is 69.6 Å². The third-order valence-corrected chi connectivity index (χ3v) is 7.88. The predicted molar refractivity (Wildman–Crippen MR) is 170 cm³/mol. The molecule has 0 heterocycles. The second-order valence-corrected chi connectivity index (χ2v) is 12.2. The van der Waals surface area contributed by atoms with Crippen molar-refractivity contribution >= 4 is 22.1 Å². The van der Waals surface area contributed by atoms with Crippen molar-refractivity contribution in [2.24, 2.45) is 0 Å². The molecule has 0 unspecified atom stereocenters. The van der Waals surface area contributed by atoms with Crippen molar-refractivity contribution in [1.29, 1.82) is 0 Å². The van der Waals surface area contributed by atoms with Crippen molar-refractivity contribution in [3.8, 4) is 0 Å². The van der Waals surface area contributed by atoms with E-state index in [0.29, 0.717) is 12.8 Å². The van der Waals surface area contributed by atoms with Crippen LogP contribution in [0.2, 0.25) is 0 Å². The molecule has 0 aliphatic rings. The van der Waals surface area contributed by atoms with E-state index in [1.807, 2.05) is 0 Å². The van der Waals surface area contributed by atoms with Crippen LogP contribution in [0, 0.1) is 0 Å². The lowest BCUT2D eigenvalue weighted by Gasteiger charge is -2.11. The second kappa shape index (κ2) is 24.0. The number of hydrogen-bond acceptors (Lipinski definition) is 6. The van der Waals surface area contributed by atoms with Gasteiger partial charge in [-0.2, -0.15) is 8.42 Å². The highest BCUT2D eigenvalue weighted by Gasteiger charge is 2.23. The summed E-state index contributed by atoms with van der Waals surface area (Å²) in [6.45, 7) is 4.66. The van der Waals surface area contributed by atoms with Crippen LogP contribution in [-0.2, 0) is 19.6 Å². The zero-order chi connectivity index (χ0) is 30.9. The lowest BCUT2D eigenvalue weighted by atomic mass is 10.1. The largest absolute Gasteiger partial charge is 0.462 e. The summed E-state index contributed by atoms with van der Waals surface area (Å²) < 4.78 is 43.4. The molecule has 238 valence electrons. The number of hydrogen-bond donors (Lipinski definition) is 1. The Labute approximate surface area is 254 Å². The Hall–Kier alpha value is -2.45. The molecule has 8 heteroatoms. The van der Waals surface area contributed by atoms with Gasteiger partial charge in [0.2, 0.25) is 0 Å². The number of benzene rings is 1. The molecule has 1 aromatic rings. The summed E-state index contributed by atoms with van der Waals surface area (Å²) in [7, 11) is -4.56. The van der Waals surface area contributed by atoms with Crippen molar-refractivity contribution in [1.82, 2.24) is 0 Å². The van der Waals surface area contributed by atoms with E-state index in [-0.39, 0.29) is 24.3 Å². The maximum atomic E-state index is 12.8. The number of unbranched alkanes of at least 4 members (excludes halogenated alkanes) is 14. The van der Waals surface area contributed by atoms with E-state index < -0.39 is 27.0 Å². The Morgan fingerprint density at radius 1 is 0.619 bits per heavy atom. The lowest BCUT2D eigenvalue weighted by Crippen LogP contribution is -2.16. The monoisotopic (exact) mass is 606 g/mol. The summed E-state index contributed by atoms with van der Waals surface area (Å²) in [5.41, 5.74) is -0.292. The minimum absolute atomic E-state index is 0.0710. The molecule has 0 spiro atoms. The molecule has 1 rings (SSSR count). The van der Waals surface area contributed by atoms with Crippen LogP contribution in [0.3, 0.4) is 0 Å². The highest BCUT2D eigenvalue weighted by Crippen LogP contribution is 2.19. The number of carbonyl (C=O) groups excluding carboxylic acids is 2. The van der Waals surface area contributed by atoms with Gasteiger partial charge in [-0.3, -0.25) is 4.55 Å². The van der Waals surface area contributed by atoms with Crippen LogP contribution in [0.15, 0.2) is 47.4 Å². The average Bonchev–Trinajstić information content (AvgIpc) is 2.97. The zero-order valence-electron chi connectivity index (χ0n) is 26.0. The van der Waals surface area contributed by atoms with Gasteiger partial charge in [0.15, 0.2) is 0 Å². The number of allylic oxidation sites excluding steroid dienone is 4. The van der Waals surface area contributed by atoms with Gasteiger partial charge in [0.05, 0.1) is 29.2 Å². The molecule has 1 aromatic carbocycles. The molecule has 0 saturated carbocycles. The van der Waals surface area contributed by atoms with Gasteiger partial charge in [-0.25, -0.2) is 9.59 Å². The van der Waals surface area contributed by atoms with E-state index >= 15 is 0 Å². The second-order valence-electron chi connectivity index (χ2n) is 10.7. The van der Waals surface area contributed by atoms with Crippen LogP contribution < -0.4 is 0 Å². The van der Waals surface area contributed by atoms with Crippen molar-refractivity contribution in [2.75, 3.05) is 13.2 Å². The molecule has 0 saturated heterocycles. The van der Waals surface area contributed by atoms with Crippen molar-refractivity contribution in [3.63, 3.8) is 0 Å². The summed E-state index contributed by atoms with van der Waals surface area (Å²) >= 11 is 0. The quantitative estimate of drug-likeness (QED) is 0.0511. The summed E-state index contributed by atoms with van der Waals surface area (Å²) in [5.74, 6) is -1.52. The van der Waals surface area contributed by atoms with E-state index in [9.17, 15) is 22.6 Å². The molecule has 0 radical (unpaired) electrons. The molecule has 1 N–H and O–H groups in total. The fraction of sp³-hybridized carbons (Fsp3) is 0.647. The van der Waals surface area contributed by atoms with Gasteiger partial charge in [-0.15, -0.1) is 0 Å². The molecule has 42 heavy (non-hydrogen) atoms. The third-order valence-electron chi connectivity index (χ3n) is 7.03. The minimum Gasteiger partial charge on any atom is -0.462 e. The molecule has 7 nitrogen and oxygen atoms in total. The van der Waals surface area contributed by atoms with E-state index in [4.69, 9.17) is 9.47 Å². The Morgan fingerprint density at radius 2 is 1.02 bits per heavy atom. The Bertz CT molecular complexity index is 1040. The Kier molecular flexibility index (Phi) is 21.5. The highest BCUT2D eigenvalue weighted by atomic mass is 32.2. The van der Waals surface area contributed by atoms with Crippen molar-refractivity contribution in [3.05, 3.63) is 53.6 Å². The predicted octanol–water partition coefficient (Wildman–Crippen LogP) is 9.42. The Balaban J connectivity index is 2.42. The van der Waals surface area contributed by atoms with Gasteiger partial charge >= 0.3 is 11.9 Å². The van der Waals surface area contributed by atoms with Gasteiger partial charge < -0.3 is 9.47 Å². The molecule has 0 aliphatic carbocycles. The molecule has 0 amide bonds. The van der Waals surface area contributed by atoms with Gasteiger partial charge in [0.1, 0.15) is 0 Å². The fourth-order valence-corrected chi connectivity index (χ4v) is 5.09. The van der Waals surface area contributed by atoms with Gasteiger partial charge in [0.25, 0.3) is 10.1 Å². The Morgan fingerprint density at radius 3 is 1.45 bits per heavy atom. The maximum Gasteiger partial charge on any atom is 0.339 e. The summed E-state index contributed by atoms with van der Waals surface area (Å²) in [6.07, 6.45) is 28.2. The first kappa shape index (κ1) is 37.6. The first-order valence-corrected chi connectivity index (χ1v) is 17.5. The molecular weight excluding hydrogens is 552 g/mol. The molecule has 0 aliphatic heterocycles. The molecule has 0 atom stereocenters. The van der Waals surface area contributed by atoms with Gasteiger partial charge in [-0.1, -0.05) is 102 Å². The summed E-state index contributed by atoms with van der Waals surface area (Å²) in [5, 5.41) is 0. The van der Waals surface area contributed by atoms with E-state index in [0.717, 1.165) is 76.3 Å². The molecule has 0 fully saturated rings. The number of esters is 2. The third kappa shape index (κ3) is 18.2. The summed E-state index contributed by atoms with van der Waals surface area (Å²) in [4.78, 5) is 25.1. The van der Waals surface area contributed by atoms with Crippen LogP contribution in [0.5, 0.6) is 0 Å². The first-order chi connectivity index (χ1) is 20.3. The average molecular weight is 607 g/mol. The SMILES string of the molecule is CC/C=C/CCCCCCCCCOC(=O)c1ccc(S(=O)(=O)O)cc1C(=O)OCCCCCCCCC/C=C/CC. The van der Waals surface area contributed by atoms with E-state index in [1.165, 1.54) is 44.6 Å².